The molecule has 0 atom stereocenters. The molecule has 3 rings (SSSR count). The van der Waals surface area contributed by atoms with E-state index in [4.69, 9.17) is 9.26 Å². The predicted octanol–water partition coefficient (Wildman–Crippen LogP) is 3.67. The maximum absolute atomic E-state index is 12.9. The Hall–Kier alpha value is -3.35. The molecule has 2 amide bonds. The number of fused-ring (bicyclic) bond motifs is 1. The number of nitrogens with zero attached hydrogens (tertiary/aromatic N) is 1. The standard InChI is InChI=1S/C23H27N3O4/c1-14-19(15(2)30-26-14)13-29-20-11-17-9-7-6-8-16(17)10-18(20)22(28)24-12-21(27)25-23(3,4)5/h6-11H,12-13H2,1-5H3,(H,24,28)(H,25,27). The van der Waals surface area contributed by atoms with Crippen molar-refractivity contribution in [1.29, 1.82) is 0 Å². The first-order chi connectivity index (χ1) is 14.1. The maximum Gasteiger partial charge on any atom is 0.255 e. The van der Waals surface area contributed by atoms with Gasteiger partial charge in [0.15, 0.2) is 0 Å². The highest BCUT2D eigenvalue weighted by Crippen LogP contribution is 2.27. The molecule has 30 heavy (non-hydrogen) atoms. The molecule has 0 aliphatic heterocycles. The van der Waals surface area contributed by atoms with Gasteiger partial charge in [-0.25, -0.2) is 0 Å². The molecule has 0 saturated carbocycles. The fourth-order valence-electron chi connectivity index (χ4n) is 3.09. The van der Waals surface area contributed by atoms with E-state index in [0.29, 0.717) is 17.1 Å². The van der Waals surface area contributed by atoms with Gasteiger partial charge < -0.3 is 19.9 Å². The van der Waals surface area contributed by atoms with Crippen molar-refractivity contribution in [1.82, 2.24) is 15.8 Å². The number of rotatable bonds is 6. The SMILES string of the molecule is Cc1noc(C)c1COc1cc2ccccc2cc1C(=O)NCC(=O)NC(C)(C)C. The summed E-state index contributed by atoms with van der Waals surface area (Å²) in [6.07, 6.45) is 0. The molecule has 0 saturated heterocycles. The molecule has 158 valence electrons. The zero-order valence-corrected chi connectivity index (χ0v) is 18.0. The molecule has 7 nitrogen and oxygen atoms in total. The molecule has 0 aliphatic carbocycles. The highest BCUT2D eigenvalue weighted by molar-refractivity contribution is 6.02. The van der Waals surface area contributed by atoms with E-state index in [1.54, 1.807) is 6.07 Å². The minimum absolute atomic E-state index is 0.119. The molecule has 0 radical (unpaired) electrons. The van der Waals surface area contributed by atoms with Gasteiger partial charge in [-0.1, -0.05) is 29.4 Å². The molecular weight excluding hydrogens is 382 g/mol. The topological polar surface area (TPSA) is 93.5 Å². The van der Waals surface area contributed by atoms with Gasteiger partial charge >= 0.3 is 0 Å². The molecule has 2 N–H and O–H groups in total. The molecular formula is C23H27N3O4. The van der Waals surface area contributed by atoms with Gasteiger partial charge in [0, 0.05) is 5.54 Å². The van der Waals surface area contributed by atoms with Gasteiger partial charge in [-0.2, -0.15) is 0 Å². The number of hydrogen-bond donors (Lipinski definition) is 2. The smallest absolute Gasteiger partial charge is 0.255 e. The Labute approximate surface area is 175 Å². The van der Waals surface area contributed by atoms with Crippen molar-refractivity contribution in [2.45, 2.75) is 46.8 Å². The number of ether oxygens (including phenoxy) is 1. The summed E-state index contributed by atoms with van der Waals surface area (Å²) >= 11 is 0. The van der Waals surface area contributed by atoms with Gasteiger partial charge in [-0.3, -0.25) is 9.59 Å². The van der Waals surface area contributed by atoms with Crippen LogP contribution >= 0.6 is 0 Å². The van der Waals surface area contributed by atoms with Gasteiger partial charge in [-0.15, -0.1) is 0 Å². The molecule has 0 fully saturated rings. The van der Waals surface area contributed by atoms with Crippen molar-refractivity contribution in [3.63, 3.8) is 0 Å². The van der Waals surface area contributed by atoms with E-state index in [9.17, 15) is 9.59 Å². The minimum atomic E-state index is -0.376. The van der Waals surface area contributed by atoms with Crippen LogP contribution in [0.5, 0.6) is 5.75 Å². The summed E-state index contributed by atoms with van der Waals surface area (Å²) in [5, 5.41) is 11.3. The normalized spacial score (nSPS) is 11.4. The van der Waals surface area contributed by atoms with Crippen LogP contribution in [0.2, 0.25) is 0 Å². The Morgan fingerprint density at radius 2 is 1.77 bits per heavy atom. The second-order valence-corrected chi connectivity index (χ2v) is 8.27. The number of carbonyl (C=O) groups excluding carboxylic acids is 2. The van der Waals surface area contributed by atoms with Crippen molar-refractivity contribution in [3.8, 4) is 5.75 Å². The van der Waals surface area contributed by atoms with Crippen LogP contribution in [0, 0.1) is 13.8 Å². The Morgan fingerprint density at radius 1 is 1.10 bits per heavy atom. The zero-order chi connectivity index (χ0) is 21.9. The second-order valence-electron chi connectivity index (χ2n) is 8.27. The summed E-state index contributed by atoms with van der Waals surface area (Å²) in [6.45, 7) is 9.43. The van der Waals surface area contributed by atoms with E-state index in [0.717, 1.165) is 22.0 Å². The van der Waals surface area contributed by atoms with Crippen LogP contribution in [0.3, 0.4) is 0 Å². The lowest BCUT2D eigenvalue weighted by Gasteiger charge is -2.20. The fraction of sp³-hybridized carbons (Fsp3) is 0.348. The molecule has 3 aromatic rings. The second kappa shape index (κ2) is 8.57. The minimum Gasteiger partial charge on any atom is -0.488 e. The third kappa shape index (κ3) is 5.17. The first kappa shape index (κ1) is 21.4. The summed E-state index contributed by atoms with van der Waals surface area (Å²) in [4.78, 5) is 24.9. The summed E-state index contributed by atoms with van der Waals surface area (Å²) in [5.41, 5.74) is 1.59. The van der Waals surface area contributed by atoms with Crippen molar-refractivity contribution >= 4 is 22.6 Å². The number of carbonyl (C=O) groups is 2. The van der Waals surface area contributed by atoms with Gasteiger partial charge in [0.25, 0.3) is 5.91 Å². The fourth-order valence-corrected chi connectivity index (χ4v) is 3.09. The van der Waals surface area contributed by atoms with Crippen molar-refractivity contribution in [2.24, 2.45) is 0 Å². The van der Waals surface area contributed by atoms with Crippen LogP contribution in [0.4, 0.5) is 0 Å². The van der Waals surface area contributed by atoms with Crippen molar-refractivity contribution in [3.05, 3.63) is 59.0 Å². The van der Waals surface area contributed by atoms with Crippen LogP contribution in [-0.2, 0) is 11.4 Å². The van der Waals surface area contributed by atoms with Gasteiger partial charge in [-0.05, 0) is 57.5 Å². The first-order valence-corrected chi connectivity index (χ1v) is 9.80. The quantitative estimate of drug-likeness (QED) is 0.648. The van der Waals surface area contributed by atoms with E-state index < -0.39 is 0 Å². The highest BCUT2D eigenvalue weighted by Gasteiger charge is 2.19. The molecule has 1 heterocycles. The van der Waals surface area contributed by atoms with Crippen LogP contribution in [0.1, 0.15) is 48.1 Å². The van der Waals surface area contributed by atoms with E-state index in [1.165, 1.54) is 0 Å². The first-order valence-electron chi connectivity index (χ1n) is 9.80. The number of nitrogens with one attached hydrogen (secondary N) is 2. The molecule has 0 aliphatic rings. The molecule has 1 aromatic heterocycles. The highest BCUT2D eigenvalue weighted by atomic mass is 16.5. The molecule has 0 unspecified atom stereocenters. The maximum atomic E-state index is 12.9. The Bertz CT molecular complexity index is 1060. The molecule has 7 heteroatoms. The number of aryl methyl sites for hydroxylation is 2. The van der Waals surface area contributed by atoms with Crippen molar-refractivity contribution < 1.29 is 18.8 Å². The third-order valence-electron chi connectivity index (χ3n) is 4.57. The Morgan fingerprint density at radius 3 is 2.37 bits per heavy atom. The lowest BCUT2D eigenvalue weighted by Crippen LogP contribution is -2.45. The van der Waals surface area contributed by atoms with Gasteiger partial charge in [0.2, 0.25) is 5.91 Å². The Balaban J connectivity index is 1.83. The van der Waals surface area contributed by atoms with E-state index >= 15 is 0 Å². The Kier molecular flexibility index (Phi) is 6.10. The lowest BCUT2D eigenvalue weighted by atomic mass is 10.1. The van der Waals surface area contributed by atoms with Crippen LogP contribution in [0.25, 0.3) is 10.8 Å². The summed E-state index contributed by atoms with van der Waals surface area (Å²) in [5.74, 6) is 0.481. The largest absolute Gasteiger partial charge is 0.488 e. The zero-order valence-electron chi connectivity index (χ0n) is 18.0. The average Bonchev–Trinajstić information content (AvgIpc) is 3.00. The number of hydrogen-bond acceptors (Lipinski definition) is 5. The summed E-state index contributed by atoms with van der Waals surface area (Å²) in [6, 6.07) is 11.3. The van der Waals surface area contributed by atoms with Crippen LogP contribution in [-0.4, -0.2) is 29.1 Å². The van der Waals surface area contributed by atoms with Gasteiger partial charge in [0.05, 0.1) is 23.4 Å². The average molecular weight is 409 g/mol. The third-order valence-corrected chi connectivity index (χ3v) is 4.57. The van der Waals surface area contributed by atoms with Crippen LogP contribution in [0.15, 0.2) is 40.9 Å². The van der Waals surface area contributed by atoms with Gasteiger partial charge in [0.1, 0.15) is 18.1 Å². The summed E-state index contributed by atoms with van der Waals surface area (Å²) < 4.78 is 11.2. The summed E-state index contributed by atoms with van der Waals surface area (Å²) in [7, 11) is 0. The van der Waals surface area contributed by atoms with Crippen LogP contribution < -0.4 is 15.4 Å². The van der Waals surface area contributed by atoms with Crippen molar-refractivity contribution in [2.75, 3.05) is 6.54 Å². The molecule has 0 bridgehead atoms. The van der Waals surface area contributed by atoms with E-state index in [2.05, 4.69) is 15.8 Å². The molecule has 0 spiro atoms. The van der Waals surface area contributed by atoms with E-state index in [-0.39, 0.29) is 30.5 Å². The lowest BCUT2D eigenvalue weighted by molar-refractivity contribution is -0.121. The number of benzene rings is 2. The molecule has 2 aromatic carbocycles. The number of amides is 2. The predicted molar refractivity (Wildman–Crippen MR) is 114 cm³/mol. The van der Waals surface area contributed by atoms with E-state index in [1.807, 2.05) is 65.0 Å². The monoisotopic (exact) mass is 409 g/mol. The number of aromatic nitrogens is 1.